The maximum Gasteiger partial charge on any atom is 0.321 e. The summed E-state index contributed by atoms with van der Waals surface area (Å²) in [5.74, 6) is 0. The fourth-order valence-corrected chi connectivity index (χ4v) is 1.91. The molecule has 7 nitrogen and oxygen atoms in total. The van der Waals surface area contributed by atoms with E-state index in [0.717, 1.165) is 16.5 Å². The summed E-state index contributed by atoms with van der Waals surface area (Å²) in [6.45, 7) is 0.227. The molecule has 2 rings (SSSR count). The highest BCUT2D eigenvalue weighted by Crippen LogP contribution is 2.18. The summed E-state index contributed by atoms with van der Waals surface area (Å²) in [7, 11) is 1.84. The first-order chi connectivity index (χ1) is 9.13. The molecule has 1 heterocycles. The van der Waals surface area contributed by atoms with Crippen LogP contribution < -0.4 is 16.4 Å². The molecule has 0 saturated carbocycles. The van der Waals surface area contributed by atoms with Gasteiger partial charge < -0.3 is 11.1 Å². The lowest BCUT2D eigenvalue weighted by Crippen LogP contribution is -2.39. The molecule has 4 N–H and O–H groups in total. The summed E-state index contributed by atoms with van der Waals surface area (Å²) >= 11 is 0. The van der Waals surface area contributed by atoms with Crippen molar-refractivity contribution >= 4 is 23.3 Å². The van der Waals surface area contributed by atoms with E-state index in [0.29, 0.717) is 6.41 Å². The first kappa shape index (κ1) is 13.0. The molecule has 0 spiro atoms. The highest BCUT2D eigenvalue weighted by Gasteiger charge is 2.13. The highest BCUT2D eigenvalue weighted by atomic mass is 16.2. The van der Waals surface area contributed by atoms with Crippen molar-refractivity contribution in [1.29, 1.82) is 0 Å². The molecule has 0 radical (unpaired) electrons. The summed E-state index contributed by atoms with van der Waals surface area (Å²) in [4.78, 5) is 21.5. The SMILES string of the molecule is Cn1cc2ccc([C@H](CN)NC(=O)NC=O)cc2n1. The van der Waals surface area contributed by atoms with Gasteiger partial charge >= 0.3 is 6.03 Å². The van der Waals surface area contributed by atoms with E-state index in [2.05, 4.69) is 10.4 Å². The summed E-state index contributed by atoms with van der Waals surface area (Å²) in [5.41, 5.74) is 7.31. The second-order valence-corrected chi connectivity index (χ2v) is 4.14. The van der Waals surface area contributed by atoms with E-state index in [1.54, 1.807) is 4.68 Å². The van der Waals surface area contributed by atoms with Gasteiger partial charge in [0.15, 0.2) is 0 Å². The largest absolute Gasteiger partial charge is 0.330 e. The minimum Gasteiger partial charge on any atom is -0.330 e. The van der Waals surface area contributed by atoms with Gasteiger partial charge in [0, 0.05) is 25.2 Å². The van der Waals surface area contributed by atoms with Crippen LogP contribution in [0.3, 0.4) is 0 Å². The van der Waals surface area contributed by atoms with Crippen molar-refractivity contribution in [3.8, 4) is 0 Å². The Balaban J connectivity index is 2.24. The predicted octanol–water partition coefficient (Wildman–Crippen LogP) is 0.0287. The van der Waals surface area contributed by atoms with E-state index in [1.165, 1.54) is 0 Å². The van der Waals surface area contributed by atoms with Crippen molar-refractivity contribution in [3.05, 3.63) is 30.0 Å². The van der Waals surface area contributed by atoms with Crippen LogP contribution in [0, 0.1) is 0 Å². The molecule has 0 saturated heterocycles. The Hall–Kier alpha value is -2.41. The molecular weight excluding hydrogens is 246 g/mol. The first-order valence-electron chi connectivity index (χ1n) is 5.78. The van der Waals surface area contributed by atoms with Crippen LogP contribution in [-0.4, -0.2) is 28.8 Å². The zero-order chi connectivity index (χ0) is 13.8. The van der Waals surface area contributed by atoms with Gasteiger partial charge in [-0.3, -0.25) is 14.8 Å². The average Bonchev–Trinajstić information content (AvgIpc) is 2.75. The number of aryl methyl sites for hydroxylation is 1. The van der Waals surface area contributed by atoms with Gasteiger partial charge in [-0.1, -0.05) is 12.1 Å². The minimum absolute atomic E-state index is 0.227. The summed E-state index contributed by atoms with van der Waals surface area (Å²) < 4.78 is 1.72. The molecule has 0 aliphatic rings. The number of hydrogen-bond donors (Lipinski definition) is 3. The molecule has 0 aliphatic carbocycles. The molecular formula is C12H15N5O2. The number of aromatic nitrogens is 2. The van der Waals surface area contributed by atoms with E-state index in [-0.39, 0.29) is 12.6 Å². The third-order valence-electron chi connectivity index (χ3n) is 2.78. The number of carbonyl (C=O) groups excluding carboxylic acids is 2. The lowest BCUT2D eigenvalue weighted by molar-refractivity contribution is -0.108. The Bertz CT molecular complexity index is 607. The molecule has 1 atom stereocenters. The van der Waals surface area contributed by atoms with E-state index < -0.39 is 6.03 Å². The van der Waals surface area contributed by atoms with Crippen LogP contribution >= 0.6 is 0 Å². The number of fused-ring (bicyclic) bond motifs is 1. The number of hydrogen-bond acceptors (Lipinski definition) is 4. The van der Waals surface area contributed by atoms with Gasteiger partial charge in [-0.25, -0.2) is 4.79 Å². The van der Waals surface area contributed by atoms with Crippen LogP contribution in [0.4, 0.5) is 4.79 Å². The molecule has 0 unspecified atom stereocenters. The molecule has 0 aliphatic heterocycles. The van der Waals surface area contributed by atoms with E-state index in [1.807, 2.05) is 36.8 Å². The standard InChI is InChI=1S/C12H15N5O2/c1-17-6-9-3-2-8(4-10(9)16-17)11(5-13)15-12(19)14-7-18/h2-4,6-7,11H,5,13H2,1H3,(H2,14,15,18,19)/t11-/m0/s1. The predicted molar refractivity (Wildman–Crippen MR) is 70.2 cm³/mol. The third-order valence-corrected chi connectivity index (χ3v) is 2.78. The zero-order valence-electron chi connectivity index (χ0n) is 10.5. The Kier molecular flexibility index (Phi) is 3.76. The maximum absolute atomic E-state index is 11.3. The second-order valence-electron chi connectivity index (χ2n) is 4.14. The Morgan fingerprint density at radius 3 is 3.05 bits per heavy atom. The van der Waals surface area contributed by atoms with Gasteiger partial charge in [0.05, 0.1) is 11.6 Å². The number of carbonyl (C=O) groups is 2. The smallest absolute Gasteiger partial charge is 0.321 e. The number of rotatable bonds is 4. The van der Waals surface area contributed by atoms with Crippen molar-refractivity contribution in [2.24, 2.45) is 12.8 Å². The van der Waals surface area contributed by atoms with Gasteiger partial charge in [0.2, 0.25) is 6.41 Å². The number of urea groups is 1. The molecule has 7 heteroatoms. The van der Waals surface area contributed by atoms with Gasteiger partial charge in [-0.05, 0) is 11.6 Å². The van der Waals surface area contributed by atoms with Crippen LogP contribution in [0.1, 0.15) is 11.6 Å². The number of nitrogens with zero attached hydrogens (tertiary/aromatic N) is 2. The average molecular weight is 261 g/mol. The number of amides is 3. The van der Waals surface area contributed by atoms with Crippen molar-refractivity contribution in [2.75, 3.05) is 6.54 Å². The van der Waals surface area contributed by atoms with Crippen molar-refractivity contribution < 1.29 is 9.59 Å². The van der Waals surface area contributed by atoms with Gasteiger partial charge in [-0.15, -0.1) is 0 Å². The normalized spacial score (nSPS) is 12.1. The fraction of sp³-hybridized carbons (Fsp3) is 0.250. The minimum atomic E-state index is -0.577. The third kappa shape index (κ3) is 2.89. The quantitative estimate of drug-likeness (QED) is 0.675. The van der Waals surface area contributed by atoms with Gasteiger partial charge in [0.25, 0.3) is 0 Å². The Morgan fingerprint density at radius 2 is 2.37 bits per heavy atom. The lowest BCUT2D eigenvalue weighted by Gasteiger charge is -2.16. The number of nitrogens with two attached hydrogens (primary N) is 1. The summed E-state index contributed by atoms with van der Waals surface area (Å²) in [5, 5.41) is 9.94. The molecule has 0 bridgehead atoms. The van der Waals surface area contributed by atoms with Crippen molar-refractivity contribution in [1.82, 2.24) is 20.4 Å². The Morgan fingerprint density at radius 1 is 1.58 bits per heavy atom. The van der Waals surface area contributed by atoms with Gasteiger partial charge in [-0.2, -0.15) is 5.10 Å². The summed E-state index contributed by atoms with van der Waals surface area (Å²) in [6, 6.07) is 4.72. The number of benzene rings is 1. The molecule has 100 valence electrons. The van der Waals surface area contributed by atoms with E-state index in [4.69, 9.17) is 5.73 Å². The van der Waals surface area contributed by atoms with Crippen LogP contribution in [0.2, 0.25) is 0 Å². The van der Waals surface area contributed by atoms with Gasteiger partial charge in [0.1, 0.15) is 0 Å². The summed E-state index contributed by atoms with van der Waals surface area (Å²) in [6.07, 6.45) is 2.23. The molecule has 1 aromatic heterocycles. The Labute approximate surface area is 109 Å². The molecule has 19 heavy (non-hydrogen) atoms. The van der Waals surface area contributed by atoms with Crippen molar-refractivity contribution in [3.63, 3.8) is 0 Å². The van der Waals surface area contributed by atoms with Crippen LogP contribution in [0.25, 0.3) is 10.9 Å². The first-order valence-corrected chi connectivity index (χ1v) is 5.78. The molecule has 2 aromatic rings. The van der Waals surface area contributed by atoms with Crippen LogP contribution in [0.15, 0.2) is 24.4 Å². The number of nitrogens with one attached hydrogen (secondary N) is 2. The number of imide groups is 1. The second kappa shape index (κ2) is 5.49. The fourth-order valence-electron chi connectivity index (χ4n) is 1.91. The topological polar surface area (TPSA) is 102 Å². The maximum atomic E-state index is 11.3. The van der Waals surface area contributed by atoms with Crippen LogP contribution in [0.5, 0.6) is 0 Å². The molecule has 0 fully saturated rings. The zero-order valence-corrected chi connectivity index (χ0v) is 10.5. The molecule has 1 aromatic carbocycles. The highest BCUT2D eigenvalue weighted by molar-refractivity contribution is 5.85. The van der Waals surface area contributed by atoms with Crippen LogP contribution in [-0.2, 0) is 11.8 Å². The molecule has 3 amide bonds. The lowest BCUT2D eigenvalue weighted by atomic mass is 10.1. The van der Waals surface area contributed by atoms with E-state index >= 15 is 0 Å². The monoisotopic (exact) mass is 261 g/mol. The van der Waals surface area contributed by atoms with Crippen molar-refractivity contribution in [2.45, 2.75) is 6.04 Å². The van der Waals surface area contributed by atoms with E-state index in [9.17, 15) is 9.59 Å².